The Morgan fingerprint density at radius 3 is 2.62 bits per heavy atom. The molecule has 1 atom stereocenters. The fourth-order valence-electron chi connectivity index (χ4n) is 1.98. The van der Waals surface area contributed by atoms with Crippen LogP contribution < -0.4 is 5.32 Å². The van der Waals surface area contributed by atoms with Crippen LogP contribution in [0.2, 0.25) is 0 Å². The molecule has 21 heavy (non-hydrogen) atoms. The Morgan fingerprint density at radius 1 is 1.29 bits per heavy atom. The molecule has 0 amide bonds. The van der Waals surface area contributed by atoms with Gasteiger partial charge in [0.25, 0.3) is 0 Å². The van der Waals surface area contributed by atoms with Gasteiger partial charge in [-0.3, -0.25) is 0 Å². The molecular weight excluding hydrogens is 271 g/mol. The predicted octanol–water partition coefficient (Wildman–Crippen LogP) is 2.99. The maximum atomic E-state index is 13.8. The lowest BCUT2D eigenvalue weighted by atomic mass is 9.90. The number of hydrogen-bond donors (Lipinski definition) is 2. The van der Waals surface area contributed by atoms with Gasteiger partial charge in [0.05, 0.1) is 5.60 Å². The Hall–Kier alpha value is -2.08. The lowest BCUT2D eigenvalue weighted by Crippen LogP contribution is -2.22. The average Bonchev–Trinajstić information content (AvgIpc) is 2.42. The van der Waals surface area contributed by atoms with Gasteiger partial charge in [-0.05, 0) is 44.9 Å². The lowest BCUT2D eigenvalue weighted by molar-refractivity contribution is 0.0535. The quantitative estimate of drug-likeness (QED) is 0.905. The first-order valence-corrected chi connectivity index (χ1v) is 6.79. The van der Waals surface area contributed by atoms with Gasteiger partial charge in [0, 0.05) is 11.3 Å². The number of aryl methyl sites for hydroxylation is 2. The van der Waals surface area contributed by atoms with E-state index < -0.39 is 5.60 Å². The number of halogens is 1. The molecular formula is C15H19FN4O. The molecule has 0 bridgehead atoms. The van der Waals surface area contributed by atoms with Crippen LogP contribution in [0, 0.1) is 19.7 Å². The molecule has 0 fully saturated rings. The van der Waals surface area contributed by atoms with E-state index in [2.05, 4.69) is 20.3 Å². The van der Waals surface area contributed by atoms with Gasteiger partial charge in [-0.1, -0.05) is 6.92 Å². The summed E-state index contributed by atoms with van der Waals surface area (Å²) in [5.74, 6) is 0.591. The third-order valence-corrected chi connectivity index (χ3v) is 3.51. The van der Waals surface area contributed by atoms with Crippen LogP contribution in [0.3, 0.4) is 0 Å². The summed E-state index contributed by atoms with van der Waals surface area (Å²) in [6, 6.07) is 3.00. The molecule has 112 valence electrons. The Bertz CT molecular complexity index is 658. The summed E-state index contributed by atoms with van der Waals surface area (Å²) in [4.78, 5) is 12.1. The van der Waals surface area contributed by atoms with Crippen LogP contribution in [0.4, 0.5) is 16.0 Å². The van der Waals surface area contributed by atoms with Gasteiger partial charge < -0.3 is 10.4 Å². The zero-order valence-corrected chi connectivity index (χ0v) is 12.6. The molecule has 0 aliphatic carbocycles. The second kappa shape index (κ2) is 5.73. The number of nitrogens with zero attached hydrogens (tertiary/aromatic N) is 3. The van der Waals surface area contributed by atoms with E-state index in [1.807, 2.05) is 6.92 Å². The van der Waals surface area contributed by atoms with Gasteiger partial charge in [-0.15, -0.1) is 0 Å². The Morgan fingerprint density at radius 2 is 2.00 bits per heavy atom. The maximum Gasteiger partial charge on any atom is 0.230 e. The van der Waals surface area contributed by atoms with Gasteiger partial charge in [0.1, 0.15) is 18.0 Å². The number of aliphatic hydroxyl groups is 1. The van der Waals surface area contributed by atoms with Crippen molar-refractivity contribution in [2.75, 3.05) is 5.32 Å². The van der Waals surface area contributed by atoms with E-state index in [-0.39, 0.29) is 5.82 Å². The largest absolute Gasteiger partial charge is 0.385 e. The summed E-state index contributed by atoms with van der Waals surface area (Å²) in [5.41, 5.74) is 0.412. The fraction of sp³-hybridized carbons (Fsp3) is 0.400. The second-order valence-corrected chi connectivity index (χ2v) is 5.26. The summed E-state index contributed by atoms with van der Waals surface area (Å²) in [6.45, 7) is 6.92. The molecule has 0 aliphatic heterocycles. The molecule has 0 spiro atoms. The second-order valence-electron chi connectivity index (χ2n) is 5.26. The molecule has 1 aromatic carbocycles. The summed E-state index contributed by atoms with van der Waals surface area (Å²) in [5, 5.41) is 13.5. The monoisotopic (exact) mass is 290 g/mol. The van der Waals surface area contributed by atoms with E-state index in [1.54, 1.807) is 26.8 Å². The van der Waals surface area contributed by atoms with Crippen molar-refractivity contribution in [1.82, 2.24) is 15.0 Å². The minimum Gasteiger partial charge on any atom is -0.385 e. The third-order valence-electron chi connectivity index (χ3n) is 3.51. The van der Waals surface area contributed by atoms with Crippen LogP contribution in [0.5, 0.6) is 0 Å². The van der Waals surface area contributed by atoms with Crippen LogP contribution in [-0.4, -0.2) is 20.1 Å². The van der Waals surface area contributed by atoms with Crippen molar-refractivity contribution in [2.45, 2.75) is 39.7 Å². The number of anilines is 2. The molecule has 1 heterocycles. The number of rotatable bonds is 4. The van der Waals surface area contributed by atoms with Crippen molar-refractivity contribution in [2.24, 2.45) is 0 Å². The van der Waals surface area contributed by atoms with E-state index in [9.17, 15) is 9.50 Å². The number of nitrogens with one attached hydrogen (secondary N) is 1. The number of aromatic nitrogens is 3. The summed E-state index contributed by atoms with van der Waals surface area (Å²) in [7, 11) is 0. The zero-order chi connectivity index (χ0) is 15.6. The maximum absolute atomic E-state index is 13.8. The molecule has 0 aliphatic rings. The molecule has 2 aromatic rings. The van der Waals surface area contributed by atoms with E-state index in [1.165, 1.54) is 12.4 Å². The van der Waals surface area contributed by atoms with Gasteiger partial charge in [0.2, 0.25) is 5.95 Å². The van der Waals surface area contributed by atoms with Crippen LogP contribution in [0.15, 0.2) is 18.5 Å². The number of hydrogen-bond acceptors (Lipinski definition) is 5. The molecule has 2 rings (SSSR count). The van der Waals surface area contributed by atoms with Crippen molar-refractivity contribution < 1.29 is 9.50 Å². The zero-order valence-electron chi connectivity index (χ0n) is 12.6. The van der Waals surface area contributed by atoms with Crippen LogP contribution in [-0.2, 0) is 5.60 Å². The molecule has 0 saturated carbocycles. The van der Waals surface area contributed by atoms with Crippen molar-refractivity contribution in [3.8, 4) is 0 Å². The van der Waals surface area contributed by atoms with Crippen molar-refractivity contribution in [1.29, 1.82) is 0 Å². The third kappa shape index (κ3) is 3.33. The van der Waals surface area contributed by atoms with Gasteiger partial charge in [-0.25, -0.2) is 14.4 Å². The highest BCUT2D eigenvalue weighted by molar-refractivity contribution is 5.61. The van der Waals surface area contributed by atoms with Gasteiger partial charge >= 0.3 is 0 Å². The minimum atomic E-state index is -1.14. The molecule has 1 aromatic heterocycles. The van der Waals surface area contributed by atoms with Crippen molar-refractivity contribution in [3.63, 3.8) is 0 Å². The van der Waals surface area contributed by atoms with E-state index in [4.69, 9.17) is 0 Å². The van der Waals surface area contributed by atoms with Gasteiger partial charge in [-0.2, -0.15) is 4.98 Å². The fourth-order valence-corrected chi connectivity index (χ4v) is 1.98. The highest BCUT2D eigenvalue weighted by Crippen LogP contribution is 2.33. The first-order chi connectivity index (χ1) is 9.83. The Labute approximate surface area is 123 Å². The summed E-state index contributed by atoms with van der Waals surface area (Å²) >= 11 is 0. The SMILES string of the molecule is CCC(C)(O)c1cc(F)c(C)cc1Nc1ncnc(C)n1. The first-order valence-electron chi connectivity index (χ1n) is 6.79. The van der Waals surface area contributed by atoms with Crippen molar-refractivity contribution >= 4 is 11.6 Å². The van der Waals surface area contributed by atoms with Crippen molar-refractivity contribution in [3.05, 3.63) is 41.2 Å². The van der Waals surface area contributed by atoms with E-state index in [0.29, 0.717) is 35.0 Å². The van der Waals surface area contributed by atoms with Crippen LogP contribution in [0.1, 0.15) is 37.2 Å². The molecule has 0 saturated heterocycles. The normalized spacial score (nSPS) is 13.8. The van der Waals surface area contributed by atoms with E-state index >= 15 is 0 Å². The smallest absolute Gasteiger partial charge is 0.230 e. The predicted molar refractivity (Wildman–Crippen MR) is 78.8 cm³/mol. The first kappa shape index (κ1) is 15.3. The Balaban J connectivity index is 2.49. The molecule has 2 N–H and O–H groups in total. The topological polar surface area (TPSA) is 70.9 Å². The molecule has 1 unspecified atom stereocenters. The standard InChI is InChI=1S/C15H19FN4O/c1-5-15(4,21)11-7-12(16)9(2)6-13(11)20-14-18-8-17-10(3)19-14/h6-8,21H,5H2,1-4H3,(H,17,18,19,20). The van der Waals surface area contributed by atoms with Crippen LogP contribution in [0.25, 0.3) is 0 Å². The molecule has 6 heteroatoms. The lowest BCUT2D eigenvalue weighted by Gasteiger charge is -2.25. The minimum absolute atomic E-state index is 0.351. The van der Waals surface area contributed by atoms with Crippen LogP contribution >= 0.6 is 0 Å². The van der Waals surface area contributed by atoms with Gasteiger partial charge in [0.15, 0.2) is 0 Å². The highest BCUT2D eigenvalue weighted by atomic mass is 19.1. The summed E-state index contributed by atoms with van der Waals surface area (Å²) < 4.78 is 13.8. The highest BCUT2D eigenvalue weighted by Gasteiger charge is 2.25. The van der Waals surface area contributed by atoms with E-state index in [0.717, 1.165) is 0 Å². The molecule has 0 radical (unpaired) electrons. The Kier molecular flexibility index (Phi) is 4.18. The number of benzene rings is 1. The average molecular weight is 290 g/mol. The molecule has 5 nitrogen and oxygen atoms in total. The summed E-state index contributed by atoms with van der Waals surface area (Å²) in [6.07, 6.45) is 1.86.